The number of hydrogen-bond acceptors (Lipinski definition) is 0. The Kier molecular flexibility index (Phi) is 16.9. The van der Waals surface area contributed by atoms with Crippen molar-refractivity contribution < 1.29 is 99.1 Å². The molecule has 2 aliphatic rings. The summed E-state index contributed by atoms with van der Waals surface area (Å²) in [6.07, 6.45) is 13.8. The second kappa shape index (κ2) is 12.9. The van der Waals surface area contributed by atoms with Crippen LogP contribution in [0.2, 0.25) is 3.63 Å². The molecule has 0 amide bonds. The summed E-state index contributed by atoms with van der Waals surface area (Å²) in [4.78, 5) is 0. The topological polar surface area (TPSA) is 0 Å². The van der Waals surface area contributed by atoms with Crippen molar-refractivity contribution in [3.05, 3.63) is 65.8 Å². The van der Waals surface area contributed by atoms with Crippen molar-refractivity contribution in [2.75, 3.05) is 0 Å². The molecule has 1 aromatic rings. The minimum Gasteiger partial charge on any atom is -1.00 e. The van der Waals surface area contributed by atoms with Crippen LogP contribution in [0.5, 0.6) is 0 Å². The number of allylic oxidation sites excluding steroid dienone is 5. The standard InChI is InChI=1S/C9H7.C5H5.4ClH.2Zr/c1-2-5-9-7-3-6-8(9)4-1;1-2-4-5-3-1;;;;;;/h1-7H;1-5H;4*1H;;/q;;;;;;+2;+4/p-4. The first-order valence-electron chi connectivity index (χ1n) is 5.32. The van der Waals surface area contributed by atoms with Crippen LogP contribution in [0, 0.1) is 0 Å². The summed E-state index contributed by atoms with van der Waals surface area (Å²) >= 11 is -0.399. The van der Waals surface area contributed by atoms with Gasteiger partial charge in [0, 0.05) is 0 Å². The Balaban J connectivity index is -0.000000578. The van der Waals surface area contributed by atoms with E-state index in [9.17, 15) is 0 Å². The Morgan fingerprint density at radius 1 is 0.800 bits per heavy atom. The van der Waals surface area contributed by atoms with Gasteiger partial charge in [0.15, 0.2) is 0 Å². The molecule has 2 aliphatic carbocycles. The summed E-state index contributed by atoms with van der Waals surface area (Å²) < 4.78 is 1.58. The van der Waals surface area contributed by atoms with E-state index in [1.54, 1.807) is 5.56 Å². The number of rotatable bonds is 2. The second-order valence-electron chi connectivity index (χ2n) is 3.93. The molecule has 0 aromatic heterocycles. The van der Waals surface area contributed by atoms with Crippen LogP contribution < -0.4 is 49.6 Å². The van der Waals surface area contributed by atoms with E-state index < -0.39 is 23.2 Å². The first kappa shape index (κ1) is 26.3. The third-order valence-electron chi connectivity index (χ3n) is 2.92. The maximum Gasteiger partial charge on any atom is 4.00 e. The number of fused-ring (bicyclic) bond motifs is 1. The van der Waals surface area contributed by atoms with Gasteiger partial charge in [-0.1, -0.05) is 0 Å². The van der Waals surface area contributed by atoms with E-state index in [1.807, 2.05) is 0 Å². The second-order valence-corrected chi connectivity index (χ2v) is 7.91. The zero-order valence-corrected chi connectivity index (χ0v) is 18.4. The molecule has 0 spiro atoms. The molecule has 0 saturated heterocycles. The third-order valence-corrected chi connectivity index (χ3v) is 6.93. The zero-order chi connectivity index (χ0) is 10.1. The normalized spacial score (nSPS) is 16.5. The van der Waals surface area contributed by atoms with Gasteiger partial charge < -0.3 is 49.6 Å². The van der Waals surface area contributed by atoms with E-state index in [0.717, 1.165) is 7.25 Å². The first-order valence-corrected chi connectivity index (χ1v) is 8.15. The smallest absolute Gasteiger partial charge is 1.00 e. The van der Waals surface area contributed by atoms with Gasteiger partial charge in [0.25, 0.3) is 0 Å². The molecule has 102 valence electrons. The van der Waals surface area contributed by atoms with Crippen LogP contribution in [0.1, 0.15) is 14.8 Å². The van der Waals surface area contributed by atoms with Crippen LogP contribution in [0.15, 0.2) is 54.6 Å². The molecule has 0 bridgehead atoms. The van der Waals surface area contributed by atoms with Gasteiger partial charge in [-0.2, -0.15) is 0 Å². The van der Waals surface area contributed by atoms with Crippen LogP contribution in [-0.2, 0) is 49.4 Å². The van der Waals surface area contributed by atoms with E-state index in [2.05, 4.69) is 60.7 Å². The molecule has 1 aromatic carbocycles. The van der Waals surface area contributed by atoms with Gasteiger partial charge in [0.05, 0.1) is 0 Å². The summed E-state index contributed by atoms with van der Waals surface area (Å²) in [6, 6.07) is 8.82. The van der Waals surface area contributed by atoms with Gasteiger partial charge in [-0.15, -0.1) is 0 Å². The molecule has 0 fully saturated rings. The minimum atomic E-state index is -0.399. The molecular formula is C14H12Cl4Zr2+2. The van der Waals surface area contributed by atoms with Gasteiger partial charge >= 0.3 is 129 Å². The molecule has 0 aliphatic heterocycles. The maximum absolute atomic E-state index is 2.41. The van der Waals surface area contributed by atoms with Crippen molar-refractivity contribution in [1.29, 1.82) is 0 Å². The Bertz CT molecular complexity index is 460. The van der Waals surface area contributed by atoms with E-state index in [-0.39, 0.29) is 75.8 Å². The van der Waals surface area contributed by atoms with Crippen molar-refractivity contribution in [1.82, 2.24) is 0 Å². The molecule has 0 heterocycles. The number of halogens is 4. The molecule has 20 heavy (non-hydrogen) atoms. The summed E-state index contributed by atoms with van der Waals surface area (Å²) in [7, 11) is 0. The quantitative estimate of drug-likeness (QED) is 0.376. The SMILES string of the molecule is C1=C[CH]([Zr+2][CH]2C=Cc3ccccc32)C=C1.[Cl-].[Cl-].[Cl-].[Cl-].[Zr+4]. The first-order chi connectivity index (χ1) is 7.43. The monoisotopic (exact) mass is 500 g/mol. The number of benzene rings is 1. The summed E-state index contributed by atoms with van der Waals surface area (Å²) in [5.74, 6) is 0. The van der Waals surface area contributed by atoms with E-state index in [0.29, 0.717) is 0 Å². The van der Waals surface area contributed by atoms with Crippen LogP contribution in [0.3, 0.4) is 0 Å². The fraction of sp³-hybridized carbons (Fsp3) is 0.143. The molecule has 6 heteroatoms. The predicted molar refractivity (Wildman–Crippen MR) is 60.2 cm³/mol. The van der Waals surface area contributed by atoms with Gasteiger partial charge in [-0.3, -0.25) is 0 Å². The molecule has 3 rings (SSSR count). The molecule has 0 radical (unpaired) electrons. The number of hydrogen-bond donors (Lipinski definition) is 0. The Hall–Kier alpha value is 1.37. The fourth-order valence-electron chi connectivity index (χ4n) is 2.15. The average molecular weight is 505 g/mol. The van der Waals surface area contributed by atoms with Crippen molar-refractivity contribution in [2.24, 2.45) is 0 Å². The maximum atomic E-state index is 2.41. The van der Waals surface area contributed by atoms with Crippen LogP contribution in [0.4, 0.5) is 0 Å². The van der Waals surface area contributed by atoms with Crippen molar-refractivity contribution in [3.63, 3.8) is 0 Å². The van der Waals surface area contributed by atoms with Gasteiger partial charge in [0.2, 0.25) is 0 Å². The van der Waals surface area contributed by atoms with Crippen LogP contribution in [-0.4, -0.2) is 0 Å². The van der Waals surface area contributed by atoms with E-state index in [1.165, 1.54) is 5.56 Å². The van der Waals surface area contributed by atoms with Gasteiger partial charge in [-0.25, -0.2) is 0 Å². The minimum absolute atomic E-state index is 0. The van der Waals surface area contributed by atoms with E-state index in [4.69, 9.17) is 0 Å². The summed E-state index contributed by atoms with van der Waals surface area (Å²) in [6.45, 7) is 0. The summed E-state index contributed by atoms with van der Waals surface area (Å²) in [5.41, 5.74) is 3.01. The van der Waals surface area contributed by atoms with Gasteiger partial charge in [-0.05, 0) is 0 Å². The average Bonchev–Trinajstić information content (AvgIpc) is 2.89. The predicted octanol–water partition coefficient (Wildman–Crippen LogP) is -8.24. The third kappa shape index (κ3) is 6.24. The van der Waals surface area contributed by atoms with Crippen LogP contribution in [0.25, 0.3) is 6.08 Å². The van der Waals surface area contributed by atoms with Crippen molar-refractivity contribution >= 4 is 6.08 Å². The van der Waals surface area contributed by atoms with Crippen molar-refractivity contribution in [3.8, 4) is 0 Å². The van der Waals surface area contributed by atoms with Gasteiger partial charge in [0.1, 0.15) is 0 Å². The molecule has 0 saturated carbocycles. The van der Waals surface area contributed by atoms with E-state index >= 15 is 0 Å². The molecule has 1 atom stereocenters. The molecule has 0 nitrogen and oxygen atoms in total. The Morgan fingerprint density at radius 2 is 1.40 bits per heavy atom. The fourth-order valence-corrected chi connectivity index (χ4v) is 5.85. The zero-order valence-electron chi connectivity index (χ0n) is 10.4. The molecular weight excluding hydrogens is 492 g/mol. The Morgan fingerprint density at radius 3 is 2.05 bits per heavy atom. The van der Waals surface area contributed by atoms with Crippen LogP contribution >= 0.6 is 0 Å². The summed E-state index contributed by atoms with van der Waals surface area (Å²) in [5, 5.41) is 0. The molecule has 1 unspecified atom stereocenters. The van der Waals surface area contributed by atoms with Crippen molar-refractivity contribution in [2.45, 2.75) is 7.25 Å². The largest absolute Gasteiger partial charge is 4.00 e. The molecule has 0 N–H and O–H groups in total. The Labute approximate surface area is 176 Å².